The van der Waals surface area contributed by atoms with Gasteiger partial charge in [0.05, 0.1) is 18.3 Å². The largest absolute Gasteiger partial charge is 0.366 e. The average molecular weight is 392 g/mol. The summed E-state index contributed by atoms with van der Waals surface area (Å²) in [6.07, 6.45) is 5.54. The first-order valence-corrected chi connectivity index (χ1v) is 10.1. The zero-order valence-corrected chi connectivity index (χ0v) is 17.6. The van der Waals surface area contributed by atoms with Crippen molar-refractivity contribution >= 4 is 11.9 Å². The molecule has 1 saturated heterocycles. The third-order valence-corrected chi connectivity index (χ3v) is 5.77. The maximum atomic E-state index is 12.4. The summed E-state index contributed by atoms with van der Waals surface area (Å²) in [5.74, 6) is 0.781. The molecule has 1 aromatic heterocycles. The van der Waals surface area contributed by atoms with Crippen LogP contribution in [0.4, 0.5) is 4.79 Å². The van der Waals surface area contributed by atoms with Gasteiger partial charge < -0.3 is 19.9 Å². The van der Waals surface area contributed by atoms with E-state index in [2.05, 4.69) is 10.4 Å². The Hall–Kier alpha value is -2.09. The van der Waals surface area contributed by atoms with Crippen LogP contribution >= 0.6 is 0 Å². The Labute approximate surface area is 167 Å². The molecule has 0 bridgehead atoms. The van der Waals surface area contributed by atoms with Crippen molar-refractivity contribution < 1.29 is 14.3 Å². The molecule has 1 aliphatic heterocycles. The quantitative estimate of drug-likeness (QED) is 0.828. The van der Waals surface area contributed by atoms with E-state index >= 15 is 0 Å². The molecule has 1 aromatic rings. The van der Waals surface area contributed by atoms with Crippen molar-refractivity contribution in [2.75, 3.05) is 33.8 Å². The Bertz CT molecular complexity index is 702. The number of likely N-dealkylation sites (N-methyl/N-ethyl adjacent to an activating group) is 1. The summed E-state index contributed by atoms with van der Waals surface area (Å²) in [5.41, 5.74) is 1.11. The normalized spacial score (nSPS) is 27.0. The van der Waals surface area contributed by atoms with E-state index in [1.165, 1.54) is 0 Å². The molecule has 4 atom stereocenters. The van der Waals surface area contributed by atoms with Gasteiger partial charge in [0.1, 0.15) is 6.61 Å². The molecule has 8 heteroatoms. The van der Waals surface area contributed by atoms with Gasteiger partial charge in [-0.2, -0.15) is 5.10 Å². The van der Waals surface area contributed by atoms with Gasteiger partial charge in [-0.1, -0.05) is 0 Å². The van der Waals surface area contributed by atoms with Crippen molar-refractivity contribution in [3.8, 4) is 0 Å². The number of carbonyl (C=O) groups excluding carboxylic acids is 2. The standard InChI is InChI=1S/C20H33N5O3/c1-13(2)22-20(27)24-10-15-6-17(25-9-14(3)8-21-25)18(7-16(15)11-24)28-12-19(26)23(4)5/h8-9,13,15-18H,6-7,10-12H2,1-5H3,(H,22,27)/t15-,16+,17-,18-/m0/s1. The highest BCUT2D eigenvalue weighted by Crippen LogP contribution is 2.42. The summed E-state index contributed by atoms with van der Waals surface area (Å²) in [6, 6.07) is 0.220. The van der Waals surface area contributed by atoms with E-state index < -0.39 is 0 Å². The molecule has 2 aliphatic rings. The van der Waals surface area contributed by atoms with Crippen molar-refractivity contribution in [1.82, 2.24) is 24.9 Å². The zero-order valence-electron chi connectivity index (χ0n) is 17.6. The van der Waals surface area contributed by atoms with Crippen LogP contribution in [0.5, 0.6) is 0 Å². The lowest BCUT2D eigenvalue weighted by Gasteiger charge is -2.37. The van der Waals surface area contributed by atoms with E-state index in [4.69, 9.17) is 4.74 Å². The Balaban J connectivity index is 1.71. The molecule has 0 radical (unpaired) electrons. The van der Waals surface area contributed by atoms with Gasteiger partial charge in [-0.3, -0.25) is 9.48 Å². The minimum Gasteiger partial charge on any atom is -0.366 e. The molecule has 1 saturated carbocycles. The number of aromatic nitrogens is 2. The molecular weight excluding hydrogens is 358 g/mol. The molecule has 3 amide bonds. The van der Waals surface area contributed by atoms with Crippen LogP contribution in [0.3, 0.4) is 0 Å². The first-order valence-electron chi connectivity index (χ1n) is 10.1. The lowest BCUT2D eigenvalue weighted by atomic mass is 9.77. The van der Waals surface area contributed by atoms with Crippen molar-refractivity contribution in [2.24, 2.45) is 11.8 Å². The maximum Gasteiger partial charge on any atom is 0.317 e. The predicted molar refractivity (Wildman–Crippen MR) is 106 cm³/mol. The predicted octanol–water partition coefficient (Wildman–Crippen LogP) is 1.67. The first-order chi connectivity index (χ1) is 13.2. The van der Waals surface area contributed by atoms with Crippen LogP contribution < -0.4 is 5.32 Å². The Morgan fingerprint density at radius 1 is 1.29 bits per heavy atom. The molecule has 0 unspecified atom stereocenters. The number of nitrogens with zero attached hydrogens (tertiary/aromatic N) is 4. The van der Waals surface area contributed by atoms with E-state index in [1.54, 1.807) is 19.0 Å². The van der Waals surface area contributed by atoms with Crippen molar-refractivity contribution in [1.29, 1.82) is 0 Å². The van der Waals surface area contributed by atoms with Crippen LogP contribution in [-0.2, 0) is 9.53 Å². The lowest BCUT2D eigenvalue weighted by Crippen LogP contribution is -2.41. The lowest BCUT2D eigenvalue weighted by molar-refractivity contribution is -0.138. The summed E-state index contributed by atoms with van der Waals surface area (Å²) in [5, 5.41) is 7.50. The van der Waals surface area contributed by atoms with Crippen LogP contribution in [0.15, 0.2) is 12.4 Å². The fourth-order valence-corrected chi connectivity index (χ4v) is 4.27. The van der Waals surface area contributed by atoms with Crippen LogP contribution in [0.25, 0.3) is 0 Å². The number of urea groups is 1. The molecule has 0 spiro atoms. The fraction of sp³-hybridized carbons (Fsp3) is 0.750. The number of nitrogens with one attached hydrogen (secondary N) is 1. The first kappa shape index (κ1) is 20.6. The number of aryl methyl sites for hydroxylation is 1. The van der Waals surface area contributed by atoms with E-state index in [1.807, 2.05) is 42.7 Å². The zero-order chi connectivity index (χ0) is 20.4. The average Bonchev–Trinajstić information content (AvgIpc) is 3.23. The number of carbonyl (C=O) groups is 2. The topological polar surface area (TPSA) is 79.7 Å². The molecule has 8 nitrogen and oxygen atoms in total. The number of fused-ring (bicyclic) bond motifs is 1. The summed E-state index contributed by atoms with van der Waals surface area (Å²) in [7, 11) is 3.47. The van der Waals surface area contributed by atoms with Gasteiger partial charge in [-0.25, -0.2) is 4.79 Å². The Morgan fingerprint density at radius 2 is 1.96 bits per heavy atom. The van der Waals surface area contributed by atoms with E-state index in [9.17, 15) is 9.59 Å². The number of likely N-dealkylation sites (tertiary alicyclic amines) is 1. The van der Waals surface area contributed by atoms with Gasteiger partial charge in [0.25, 0.3) is 0 Å². The van der Waals surface area contributed by atoms with Gasteiger partial charge in [0.2, 0.25) is 5.91 Å². The molecule has 2 fully saturated rings. The number of rotatable bonds is 5. The van der Waals surface area contributed by atoms with E-state index in [0.29, 0.717) is 11.8 Å². The van der Waals surface area contributed by atoms with Gasteiger partial charge in [-0.15, -0.1) is 0 Å². The Kier molecular flexibility index (Phi) is 6.27. The SMILES string of the molecule is Cc1cnn([C@H]2C[C@H]3CN(C(=O)NC(C)C)C[C@H]3C[C@@H]2OCC(=O)N(C)C)c1. The minimum absolute atomic E-state index is 0.0103. The van der Waals surface area contributed by atoms with E-state index in [-0.39, 0.29) is 36.7 Å². The molecule has 28 heavy (non-hydrogen) atoms. The van der Waals surface area contributed by atoms with Gasteiger partial charge in [0.15, 0.2) is 0 Å². The molecule has 0 aromatic carbocycles. The van der Waals surface area contributed by atoms with Crippen LogP contribution in [0, 0.1) is 18.8 Å². The summed E-state index contributed by atoms with van der Waals surface area (Å²) < 4.78 is 8.06. The monoisotopic (exact) mass is 391 g/mol. The van der Waals surface area contributed by atoms with Crippen LogP contribution in [-0.4, -0.2) is 77.5 Å². The number of hydrogen-bond donors (Lipinski definition) is 1. The smallest absolute Gasteiger partial charge is 0.317 e. The molecule has 156 valence electrons. The van der Waals surface area contributed by atoms with Gasteiger partial charge in [-0.05, 0) is 51.0 Å². The highest BCUT2D eigenvalue weighted by Gasteiger charge is 2.45. The molecule has 1 N–H and O–H groups in total. The van der Waals surface area contributed by atoms with Gasteiger partial charge >= 0.3 is 6.03 Å². The molecule has 1 aliphatic carbocycles. The second kappa shape index (κ2) is 8.51. The summed E-state index contributed by atoms with van der Waals surface area (Å²) >= 11 is 0. The number of ether oxygens (including phenoxy) is 1. The minimum atomic E-state index is -0.0856. The fourth-order valence-electron chi connectivity index (χ4n) is 4.27. The molecule has 3 rings (SSSR count). The summed E-state index contributed by atoms with van der Waals surface area (Å²) in [6.45, 7) is 7.56. The van der Waals surface area contributed by atoms with Crippen molar-refractivity contribution in [3.63, 3.8) is 0 Å². The number of hydrogen-bond acceptors (Lipinski definition) is 4. The van der Waals surface area contributed by atoms with Gasteiger partial charge in [0, 0.05) is 39.4 Å². The van der Waals surface area contributed by atoms with Crippen LogP contribution in [0.2, 0.25) is 0 Å². The second-order valence-corrected chi connectivity index (χ2v) is 8.70. The summed E-state index contributed by atoms with van der Waals surface area (Å²) in [4.78, 5) is 27.9. The van der Waals surface area contributed by atoms with Crippen molar-refractivity contribution in [3.05, 3.63) is 18.0 Å². The maximum absolute atomic E-state index is 12.4. The highest BCUT2D eigenvalue weighted by molar-refractivity contribution is 5.76. The second-order valence-electron chi connectivity index (χ2n) is 8.70. The Morgan fingerprint density at radius 3 is 2.54 bits per heavy atom. The van der Waals surface area contributed by atoms with Crippen molar-refractivity contribution in [2.45, 2.75) is 51.8 Å². The third kappa shape index (κ3) is 4.66. The number of amides is 3. The third-order valence-electron chi connectivity index (χ3n) is 5.77. The van der Waals surface area contributed by atoms with E-state index in [0.717, 1.165) is 31.5 Å². The molecular formula is C20H33N5O3. The highest BCUT2D eigenvalue weighted by atomic mass is 16.5. The van der Waals surface area contributed by atoms with Crippen LogP contribution in [0.1, 0.15) is 38.3 Å². The molecule has 2 heterocycles.